The topological polar surface area (TPSA) is 66.9 Å². The Morgan fingerprint density at radius 2 is 1.96 bits per heavy atom. The number of benzene rings is 1. The molecule has 0 aliphatic carbocycles. The maximum Gasteiger partial charge on any atom is 0.325 e. The van der Waals surface area contributed by atoms with Crippen LogP contribution in [-0.2, 0) is 20.7 Å². The van der Waals surface area contributed by atoms with Crippen LogP contribution in [0.15, 0.2) is 18.2 Å². The summed E-state index contributed by atoms with van der Waals surface area (Å²) >= 11 is 0. The fourth-order valence-electron chi connectivity index (χ4n) is 3.05. The summed E-state index contributed by atoms with van der Waals surface area (Å²) < 4.78 is 4.95. The van der Waals surface area contributed by atoms with Crippen LogP contribution in [0.25, 0.3) is 0 Å². The van der Waals surface area contributed by atoms with Crippen molar-refractivity contribution in [3.05, 3.63) is 29.3 Å². The highest BCUT2D eigenvalue weighted by molar-refractivity contribution is 5.99. The van der Waals surface area contributed by atoms with Crippen molar-refractivity contribution in [1.82, 2.24) is 4.90 Å². The van der Waals surface area contributed by atoms with E-state index in [0.717, 1.165) is 24.1 Å². The van der Waals surface area contributed by atoms with Crippen LogP contribution in [0.1, 0.15) is 49.5 Å². The van der Waals surface area contributed by atoms with Crippen molar-refractivity contribution in [1.29, 1.82) is 0 Å². The molecule has 136 valence electrons. The Bertz CT molecular complexity index is 657. The molecular formula is C19H26N2O4. The number of anilines is 1. The molecule has 0 bridgehead atoms. The van der Waals surface area contributed by atoms with Gasteiger partial charge in [-0.1, -0.05) is 13.8 Å². The summed E-state index contributed by atoms with van der Waals surface area (Å²) in [6.07, 6.45) is 1.96. The van der Waals surface area contributed by atoms with Crippen molar-refractivity contribution >= 4 is 23.5 Å². The number of amides is 2. The van der Waals surface area contributed by atoms with Gasteiger partial charge in [0.15, 0.2) is 0 Å². The van der Waals surface area contributed by atoms with Crippen LogP contribution in [0.3, 0.4) is 0 Å². The summed E-state index contributed by atoms with van der Waals surface area (Å²) in [7, 11) is 0. The van der Waals surface area contributed by atoms with Crippen LogP contribution < -0.4 is 4.90 Å². The van der Waals surface area contributed by atoms with Gasteiger partial charge in [-0.05, 0) is 43.5 Å². The highest BCUT2D eigenvalue weighted by Crippen LogP contribution is 2.29. The minimum Gasteiger partial charge on any atom is -0.465 e. The van der Waals surface area contributed by atoms with Crippen molar-refractivity contribution in [2.45, 2.75) is 40.0 Å². The second kappa shape index (κ2) is 8.65. The van der Waals surface area contributed by atoms with E-state index in [2.05, 4.69) is 0 Å². The van der Waals surface area contributed by atoms with Gasteiger partial charge in [0, 0.05) is 30.8 Å². The quantitative estimate of drug-likeness (QED) is 0.711. The zero-order chi connectivity index (χ0) is 18.4. The maximum absolute atomic E-state index is 12.8. The molecule has 0 unspecified atom stereocenters. The lowest BCUT2D eigenvalue weighted by Gasteiger charge is -2.22. The fraction of sp³-hybridized carbons (Fsp3) is 0.526. The summed E-state index contributed by atoms with van der Waals surface area (Å²) in [4.78, 5) is 39.8. The molecule has 1 heterocycles. The molecule has 2 amide bonds. The first-order valence-corrected chi connectivity index (χ1v) is 8.89. The third-order valence-electron chi connectivity index (χ3n) is 4.23. The first kappa shape index (κ1) is 19.0. The van der Waals surface area contributed by atoms with Gasteiger partial charge >= 0.3 is 5.97 Å². The zero-order valence-corrected chi connectivity index (χ0v) is 15.2. The van der Waals surface area contributed by atoms with E-state index in [0.29, 0.717) is 31.7 Å². The Labute approximate surface area is 148 Å². The minimum absolute atomic E-state index is 0.0436. The van der Waals surface area contributed by atoms with Gasteiger partial charge in [-0.2, -0.15) is 0 Å². The molecule has 0 N–H and O–H groups in total. The van der Waals surface area contributed by atoms with E-state index in [4.69, 9.17) is 4.74 Å². The van der Waals surface area contributed by atoms with E-state index in [-0.39, 0.29) is 18.4 Å². The molecule has 0 atom stereocenters. The van der Waals surface area contributed by atoms with Crippen LogP contribution >= 0.6 is 0 Å². The van der Waals surface area contributed by atoms with Crippen LogP contribution in [0.5, 0.6) is 0 Å². The highest BCUT2D eigenvalue weighted by atomic mass is 16.5. The van der Waals surface area contributed by atoms with Crippen LogP contribution in [0, 0.1) is 0 Å². The third kappa shape index (κ3) is 4.38. The van der Waals surface area contributed by atoms with Crippen molar-refractivity contribution in [3.8, 4) is 0 Å². The predicted molar refractivity (Wildman–Crippen MR) is 95.6 cm³/mol. The van der Waals surface area contributed by atoms with E-state index in [1.807, 2.05) is 26.0 Å². The number of carbonyl (C=O) groups excluding carboxylic acids is 3. The van der Waals surface area contributed by atoms with Gasteiger partial charge in [0.25, 0.3) is 5.91 Å². The average Bonchev–Trinajstić information content (AvgIpc) is 3.03. The Morgan fingerprint density at radius 3 is 2.60 bits per heavy atom. The van der Waals surface area contributed by atoms with Crippen molar-refractivity contribution in [3.63, 3.8) is 0 Å². The standard InChI is InChI=1S/C19H26N2O4/c1-4-10-20(13-18(23)25-6-3)19(24)15-7-8-16-14(12-15)9-11-21(16)17(22)5-2/h7-8,12H,4-6,9-11,13H2,1-3H3. The van der Waals surface area contributed by atoms with Crippen molar-refractivity contribution in [2.24, 2.45) is 0 Å². The van der Waals surface area contributed by atoms with Gasteiger partial charge in [-0.3, -0.25) is 14.4 Å². The van der Waals surface area contributed by atoms with Gasteiger partial charge in [0.1, 0.15) is 6.54 Å². The molecule has 0 radical (unpaired) electrons. The number of carbonyl (C=O) groups is 3. The molecule has 0 aromatic heterocycles. The molecule has 0 fully saturated rings. The molecule has 1 aromatic carbocycles. The van der Waals surface area contributed by atoms with Gasteiger partial charge in [-0.15, -0.1) is 0 Å². The lowest BCUT2D eigenvalue weighted by Crippen LogP contribution is -2.37. The SMILES string of the molecule is CCCN(CC(=O)OCC)C(=O)c1ccc2c(c1)CCN2C(=O)CC. The molecule has 6 nitrogen and oxygen atoms in total. The Balaban J connectivity index is 2.18. The molecule has 2 rings (SSSR count). The monoisotopic (exact) mass is 346 g/mol. The number of hydrogen-bond donors (Lipinski definition) is 0. The van der Waals surface area contributed by atoms with E-state index >= 15 is 0 Å². The number of fused-ring (bicyclic) bond motifs is 1. The van der Waals surface area contributed by atoms with Crippen molar-refractivity contribution in [2.75, 3.05) is 31.1 Å². The van der Waals surface area contributed by atoms with Gasteiger partial charge in [-0.25, -0.2) is 0 Å². The minimum atomic E-state index is -0.398. The van der Waals surface area contributed by atoms with Gasteiger partial charge in [0.05, 0.1) is 6.61 Å². The molecule has 25 heavy (non-hydrogen) atoms. The van der Waals surface area contributed by atoms with Gasteiger partial charge in [0.2, 0.25) is 5.91 Å². The summed E-state index contributed by atoms with van der Waals surface area (Å²) in [5.74, 6) is -0.490. The summed E-state index contributed by atoms with van der Waals surface area (Å²) in [6.45, 7) is 6.95. The molecule has 6 heteroatoms. The smallest absolute Gasteiger partial charge is 0.325 e. The Kier molecular flexibility index (Phi) is 6.56. The molecule has 1 aliphatic heterocycles. The molecule has 1 aromatic rings. The predicted octanol–water partition coefficient (Wildman–Crippen LogP) is 2.40. The molecule has 0 saturated carbocycles. The number of nitrogens with zero attached hydrogens (tertiary/aromatic N) is 2. The molecule has 0 saturated heterocycles. The van der Waals surface area contributed by atoms with Gasteiger partial charge < -0.3 is 14.5 Å². The number of esters is 1. The molecule has 1 aliphatic rings. The summed E-state index contributed by atoms with van der Waals surface area (Å²) in [6, 6.07) is 5.41. The number of ether oxygens (including phenoxy) is 1. The van der Waals surface area contributed by atoms with E-state index in [9.17, 15) is 14.4 Å². The fourth-order valence-corrected chi connectivity index (χ4v) is 3.05. The van der Waals surface area contributed by atoms with E-state index < -0.39 is 5.97 Å². The van der Waals surface area contributed by atoms with E-state index in [1.165, 1.54) is 4.90 Å². The highest BCUT2D eigenvalue weighted by Gasteiger charge is 2.26. The van der Waals surface area contributed by atoms with E-state index in [1.54, 1.807) is 17.9 Å². The largest absolute Gasteiger partial charge is 0.465 e. The maximum atomic E-state index is 12.8. The lowest BCUT2D eigenvalue weighted by molar-refractivity contribution is -0.143. The number of rotatable bonds is 7. The Hall–Kier alpha value is -2.37. The summed E-state index contributed by atoms with van der Waals surface area (Å²) in [5, 5.41) is 0. The second-order valence-corrected chi connectivity index (χ2v) is 6.02. The summed E-state index contributed by atoms with van der Waals surface area (Å²) in [5.41, 5.74) is 2.43. The third-order valence-corrected chi connectivity index (χ3v) is 4.23. The average molecular weight is 346 g/mol. The normalized spacial score (nSPS) is 12.7. The first-order chi connectivity index (χ1) is 12.0. The lowest BCUT2D eigenvalue weighted by atomic mass is 10.1. The first-order valence-electron chi connectivity index (χ1n) is 8.89. The Morgan fingerprint density at radius 1 is 1.20 bits per heavy atom. The van der Waals surface area contributed by atoms with Crippen LogP contribution in [0.2, 0.25) is 0 Å². The zero-order valence-electron chi connectivity index (χ0n) is 15.2. The molecular weight excluding hydrogens is 320 g/mol. The van der Waals surface area contributed by atoms with Crippen molar-refractivity contribution < 1.29 is 19.1 Å². The number of hydrogen-bond acceptors (Lipinski definition) is 4. The van der Waals surface area contributed by atoms with Crippen LogP contribution in [0.4, 0.5) is 5.69 Å². The van der Waals surface area contributed by atoms with Crippen LogP contribution in [-0.4, -0.2) is 48.9 Å². The molecule has 0 spiro atoms. The second-order valence-electron chi connectivity index (χ2n) is 6.02.